The molecule has 1 heterocycles. The Morgan fingerprint density at radius 1 is 1.29 bits per heavy atom. The molecular weight excluding hydrogens is 310 g/mol. The molecular formula is C16H21N5O3. The lowest BCUT2D eigenvalue weighted by atomic mass is 10.1. The molecule has 0 spiro atoms. The predicted octanol–water partition coefficient (Wildman–Crippen LogP) is 0.900. The van der Waals surface area contributed by atoms with Crippen LogP contribution in [0.3, 0.4) is 0 Å². The maximum absolute atomic E-state index is 12.0. The fraction of sp³-hybridized carbons (Fsp3) is 0.375. The normalized spacial score (nSPS) is 11.6. The molecule has 2 N–H and O–H groups in total. The lowest BCUT2D eigenvalue weighted by molar-refractivity contribution is -0.132. The number of aromatic nitrogens is 3. The summed E-state index contributed by atoms with van der Waals surface area (Å²) < 4.78 is 7.19. The van der Waals surface area contributed by atoms with Crippen molar-refractivity contribution in [2.75, 3.05) is 0 Å². The fourth-order valence-corrected chi connectivity index (χ4v) is 1.96. The standard InChI is InChI=1S/C16H21N5O3/c1-11-5-4-6-14(12(11)2)24-13(3)16(23)20-19-15(22)7-8-21-10-17-9-18-21/h4-6,9-10,13H,7-8H2,1-3H3,(H,19,22)(H,20,23). The van der Waals surface area contributed by atoms with Crippen molar-refractivity contribution in [2.24, 2.45) is 0 Å². The van der Waals surface area contributed by atoms with Gasteiger partial charge in [0.25, 0.3) is 5.91 Å². The zero-order valence-electron chi connectivity index (χ0n) is 13.9. The van der Waals surface area contributed by atoms with Crippen molar-refractivity contribution in [1.82, 2.24) is 25.6 Å². The van der Waals surface area contributed by atoms with E-state index in [4.69, 9.17) is 4.74 Å². The van der Waals surface area contributed by atoms with Crippen LogP contribution in [-0.4, -0.2) is 32.7 Å². The van der Waals surface area contributed by atoms with Gasteiger partial charge in [-0.25, -0.2) is 4.98 Å². The van der Waals surface area contributed by atoms with Crippen LogP contribution < -0.4 is 15.6 Å². The Kier molecular flexibility index (Phi) is 5.89. The Hall–Kier alpha value is -2.90. The molecule has 0 radical (unpaired) electrons. The average molecular weight is 331 g/mol. The monoisotopic (exact) mass is 331 g/mol. The first kappa shape index (κ1) is 17.5. The molecule has 1 unspecified atom stereocenters. The summed E-state index contributed by atoms with van der Waals surface area (Å²) in [5.41, 5.74) is 6.78. The first-order chi connectivity index (χ1) is 11.5. The maximum atomic E-state index is 12.0. The molecule has 2 rings (SSSR count). The summed E-state index contributed by atoms with van der Waals surface area (Å²) in [6.45, 7) is 5.92. The van der Waals surface area contributed by atoms with Crippen LogP contribution in [0, 0.1) is 13.8 Å². The van der Waals surface area contributed by atoms with E-state index in [1.54, 1.807) is 6.92 Å². The van der Waals surface area contributed by atoms with E-state index in [2.05, 4.69) is 20.9 Å². The minimum atomic E-state index is -0.735. The predicted molar refractivity (Wildman–Crippen MR) is 86.9 cm³/mol. The van der Waals surface area contributed by atoms with Gasteiger partial charge in [-0.05, 0) is 38.0 Å². The van der Waals surface area contributed by atoms with Gasteiger partial charge in [0.1, 0.15) is 18.4 Å². The molecule has 8 nitrogen and oxygen atoms in total. The molecule has 0 saturated carbocycles. The Morgan fingerprint density at radius 3 is 2.79 bits per heavy atom. The van der Waals surface area contributed by atoms with Gasteiger partial charge in [0.05, 0.1) is 6.54 Å². The number of nitrogens with zero attached hydrogens (tertiary/aromatic N) is 3. The van der Waals surface area contributed by atoms with Gasteiger partial charge in [0.2, 0.25) is 5.91 Å². The molecule has 0 aliphatic rings. The zero-order chi connectivity index (χ0) is 17.5. The number of rotatable bonds is 6. The number of hydrogen-bond acceptors (Lipinski definition) is 5. The van der Waals surface area contributed by atoms with Crippen molar-refractivity contribution < 1.29 is 14.3 Å². The second kappa shape index (κ2) is 8.09. The Labute approximate surface area is 140 Å². The summed E-state index contributed by atoms with van der Waals surface area (Å²) >= 11 is 0. The second-order valence-corrected chi connectivity index (χ2v) is 5.40. The van der Waals surface area contributed by atoms with E-state index < -0.39 is 12.0 Å². The number of hydrogen-bond donors (Lipinski definition) is 2. The Bertz CT molecular complexity index is 700. The minimum absolute atomic E-state index is 0.176. The van der Waals surface area contributed by atoms with Crippen LogP contribution in [-0.2, 0) is 16.1 Å². The topological polar surface area (TPSA) is 98.1 Å². The summed E-state index contributed by atoms with van der Waals surface area (Å²) in [7, 11) is 0. The number of benzene rings is 1. The average Bonchev–Trinajstić information content (AvgIpc) is 3.08. The number of hydrazine groups is 1. The van der Waals surface area contributed by atoms with E-state index in [9.17, 15) is 9.59 Å². The highest BCUT2D eigenvalue weighted by Crippen LogP contribution is 2.21. The summed E-state index contributed by atoms with van der Waals surface area (Å²) in [5, 5.41) is 3.89. The van der Waals surface area contributed by atoms with E-state index in [1.807, 2.05) is 32.0 Å². The molecule has 2 aromatic rings. The van der Waals surface area contributed by atoms with Gasteiger partial charge in [-0.2, -0.15) is 5.10 Å². The van der Waals surface area contributed by atoms with Crippen molar-refractivity contribution in [3.63, 3.8) is 0 Å². The first-order valence-electron chi connectivity index (χ1n) is 7.61. The number of carbonyl (C=O) groups is 2. The third-order valence-electron chi connectivity index (χ3n) is 3.59. The SMILES string of the molecule is Cc1cccc(OC(C)C(=O)NNC(=O)CCn2cncn2)c1C. The molecule has 1 atom stereocenters. The molecule has 0 aliphatic carbocycles. The zero-order valence-corrected chi connectivity index (χ0v) is 13.9. The molecule has 24 heavy (non-hydrogen) atoms. The number of ether oxygens (including phenoxy) is 1. The second-order valence-electron chi connectivity index (χ2n) is 5.40. The van der Waals surface area contributed by atoms with Gasteiger partial charge >= 0.3 is 0 Å². The van der Waals surface area contributed by atoms with Crippen LogP contribution in [0.25, 0.3) is 0 Å². The summed E-state index contributed by atoms with van der Waals surface area (Å²) in [6.07, 6.45) is 2.36. The molecule has 0 bridgehead atoms. The molecule has 0 fully saturated rings. The van der Waals surface area contributed by atoms with Crippen LogP contribution >= 0.6 is 0 Å². The van der Waals surface area contributed by atoms with Crippen LogP contribution in [0.5, 0.6) is 5.75 Å². The largest absolute Gasteiger partial charge is 0.481 e. The number of amides is 2. The van der Waals surface area contributed by atoms with E-state index in [0.717, 1.165) is 11.1 Å². The quantitative estimate of drug-likeness (QED) is 0.766. The third kappa shape index (κ3) is 4.80. The first-order valence-corrected chi connectivity index (χ1v) is 7.61. The van der Waals surface area contributed by atoms with Gasteiger partial charge in [0, 0.05) is 6.42 Å². The Morgan fingerprint density at radius 2 is 2.08 bits per heavy atom. The number of carbonyl (C=O) groups excluding carboxylic acids is 2. The van der Waals surface area contributed by atoms with Gasteiger partial charge < -0.3 is 4.74 Å². The smallest absolute Gasteiger partial charge is 0.279 e. The molecule has 1 aromatic carbocycles. The number of aryl methyl sites for hydroxylation is 2. The van der Waals surface area contributed by atoms with E-state index in [1.165, 1.54) is 17.3 Å². The molecule has 1 aromatic heterocycles. The Balaban J connectivity index is 1.77. The van der Waals surface area contributed by atoms with Crippen molar-refractivity contribution >= 4 is 11.8 Å². The van der Waals surface area contributed by atoms with Crippen LogP contribution in [0.1, 0.15) is 24.5 Å². The van der Waals surface area contributed by atoms with Gasteiger partial charge in [0.15, 0.2) is 6.10 Å². The van der Waals surface area contributed by atoms with Gasteiger partial charge in [-0.3, -0.25) is 25.1 Å². The van der Waals surface area contributed by atoms with Crippen molar-refractivity contribution in [3.8, 4) is 5.75 Å². The number of nitrogens with one attached hydrogen (secondary N) is 2. The van der Waals surface area contributed by atoms with E-state index in [-0.39, 0.29) is 12.3 Å². The summed E-state index contributed by atoms with van der Waals surface area (Å²) in [5.74, 6) is -0.0991. The third-order valence-corrected chi connectivity index (χ3v) is 3.59. The lowest BCUT2D eigenvalue weighted by Gasteiger charge is -2.17. The lowest BCUT2D eigenvalue weighted by Crippen LogP contribution is -2.47. The fourth-order valence-electron chi connectivity index (χ4n) is 1.96. The highest BCUT2D eigenvalue weighted by Gasteiger charge is 2.16. The van der Waals surface area contributed by atoms with E-state index >= 15 is 0 Å². The molecule has 0 aliphatic heterocycles. The van der Waals surface area contributed by atoms with Gasteiger partial charge in [-0.15, -0.1) is 0 Å². The molecule has 0 saturated heterocycles. The van der Waals surface area contributed by atoms with Crippen molar-refractivity contribution in [1.29, 1.82) is 0 Å². The summed E-state index contributed by atoms with van der Waals surface area (Å²) in [6, 6.07) is 5.65. The summed E-state index contributed by atoms with van der Waals surface area (Å²) in [4.78, 5) is 27.5. The highest BCUT2D eigenvalue weighted by molar-refractivity contribution is 5.84. The van der Waals surface area contributed by atoms with Crippen molar-refractivity contribution in [3.05, 3.63) is 42.0 Å². The molecule has 128 valence electrons. The maximum Gasteiger partial charge on any atom is 0.279 e. The highest BCUT2D eigenvalue weighted by atomic mass is 16.5. The van der Waals surface area contributed by atoms with E-state index in [0.29, 0.717) is 12.3 Å². The molecule has 2 amide bonds. The molecule has 8 heteroatoms. The van der Waals surface area contributed by atoms with Crippen LogP contribution in [0.15, 0.2) is 30.9 Å². The van der Waals surface area contributed by atoms with Crippen LogP contribution in [0.2, 0.25) is 0 Å². The van der Waals surface area contributed by atoms with Gasteiger partial charge in [-0.1, -0.05) is 12.1 Å². The van der Waals surface area contributed by atoms with Crippen molar-refractivity contribution in [2.45, 2.75) is 39.8 Å². The minimum Gasteiger partial charge on any atom is -0.481 e. The van der Waals surface area contributed by atoms with Crippen LogP contribution in [0.4, 0.5) is 0 Å².